The SMILES string of the molecule is C[C@]12CC(=O)C(=O)C=C1C(F)C[C@H]1[C@@H]3CC[C@](O)(C(=O)CO)[C@@]3(C)CC[C@@]12F. The number of hydrogen-bond donors (Lipinski definition) is 2. The normalized spacial score (nSPS) is 50.5. The van der Waals surface area contributed by atoms with Crippen molar-refractivity contribution in [1.29, 1.82) is 0 Å². The van der Waals surface area contributed by atoms with Crippen molar-refractivity contribution in [2.45, 2.75) is 69.8 Å². The van der Waals surface area contributed by atoms with E-state index in [9.17, 15) is 24.6 Å². The van der Waals surface area contributed by atoms with Gasteiger partial charge in [-0.1, -0.05) is 13.8 Å². The summed E-state index contributed by atoms with van der Waals surface area (Å²) < 4.78 is 31.8. The lowest BCUT2D eigenvalue weighted by molar-refractivity contribution is -0.189. The van der Waals surface area contributed by atoms with Crippen molar-refractivity contribution < 1.29 is 33.4 Å². The molecule has 4 rings (SSSR count). The van der Waals surface area contributed by atoms with Gasteiger partial charge in [0.1, 0.15) is 24.0 Å². The van der Waals surface area contributed by atoms with Gasteiger partial charge in [0.15, 0.2) is 5.78 Å². The minimum absolute atomic E-state index is 0.0340. The summed E-state index contributed by atoms with van der Waals surface area (Å²) in [4.78, 5) is 36.2. The molecule has 3 fully saturated rings. The number of ketones is 3. The van der Waals surface area contributed by atoms with Gasteiger partial charge < -0.3 is 10.2 Å². The summed E-state index contributed by atoms with van der Waals surface area (Å²) in [5.74, 6) is -3.38. The standard InChI is InChI=1S/C21H26F2O5/c1-18-5-6-20(23)12(11(18)3-4-21(18,28)17(27)10-24)7-14(22)13-8-15(25)16(26)9-19(13,20)2/h8,11-12,14,24,28H,3-7,9-10H2,1-2H3/t11-,12-,14?,18-,19-,20+,21-/m0/s1. The van der Waals surface area contributed by atoms with Gasteiger partial charge in [-0.05, 0) is 49.7 Å². The van der Waals surface area contributed by atoms with Gasteiger partial charge in [0.2, 0.25) is 11.6 Å². The summed E-state index contributed by atoms with van der Waals surface area (Å²) in [5.41, 5.74) is -5.94. The van der Waals surface area contributed by atoms with E-state index in [1.54, 1.807) is 6.92 Å². The quantitative estimate of drug-likeness (QED) is 0.697. The number of alkyl halides is 2. The molecule has 0 heterocycles. The smallest absolute Gasteiger partial charge is 0.221 e. The zero-order valence-corrected chi connectivity index (χ0v) is 16.1. The Labute approximate surface area is 162 Å². The van der Waals surface area contributed by atoms with E-state index in [0.717, 1.165) is 6.08 Å². The van der Waals surface area contributed by atoms with Crippen LogP contribution in [0.15, 0.2) is 11.6 Å². The average Bonchev–Trinajstić information content (AvgIpc) is 2.92. The van der Waals surface area contributed by atoms with E-state index >= 15 is 8.78 Å². The predicted octanol–water partition coefficient (Wildman–Crippen LogP) is 2.03. The molecule has 154 valence electrons. The topological polar surface area (TPSA) is 91.7 Å². The van der Waals surface area contributed by atoms with E-state index in [-0.39, 0.29) is 37.7 Å². The highest BCUT2D eigenvalue weighted by atomic mass is 19.1. The number of Topliss-reactive ketones (excluding diaryl/α,β-unsaturated/α-hetero) is 2. The Bertz CT molecular complexity index is 809. The molecule has 0 spiro atoms. The van der Waals surface area contributed by atoms with Crippen molar-refractivity contribution in [2.24, 2.45) is 22.7 Å². The van der Waals surface area contributed by atoms with Crippen molar-refractivity contribution in [1.82, 2.24) is 0 Å². The molecule has 28 heavy (non-hydrogen) atoms. The molecule has 1 unspecified atom stereocenters. The molecular formula is C21H26F2O5. The number of halogens is 2. The van der Waals surface area contributed by atoms with Crippen molar-refractivity contribution in [3.05, 3.63) is 11.6 Å². The van der Waals surface area contributed by atoms with Gasteiger partial charge in [0, 0.05) is 23.2 Å². The van der Waals surface area contributed by atoms with Gasteiger partial charge in [0.05, 0.1) is 0 Å². The third kappa shape index (κ3) is 2.09. The van der Waals surface area contributed by atoms with E-state index in [2.05, 4.69) is 0 Å². The number of fused-ring (bicyclic) bond motifs is 5. The second-order valence-electron chi connectivity index (χ2n) is 9.57. The second-order valence-corrected chi connectivity index (χ2v) is 9.57. The Morgan fingerprint density at radius 1 is 1.21 bits per heavy atom. The van der Waals surface area contributed by atoms with Crippen LogP contribution in [-0.4, -0.2) is 51.6 Å². The third-order valence-electron chi connectivity index (χ3n) is 8.70. The molecule has 3 saturated carbocycles. The number of carbonyl (C=O) groups excluding carboxylic acids is 3. The molecule has 0 aromatic rings. The first-order chi connectivity index (χ1) is 12.9. The maximum Gasteiger partial charge on any atom is 0.221 e. The maximum absolute atomic E-state index is 16.7. The first-order valence-electron chi connectivity index (χ1n) is 9.93. The van der Waals surface area contributed by atoms with Crippen molar-refractivity contribution in [3.8, 4) is 0 Å². The first kappa shape index (κ1) is 19.8. The molecule has 0 bridgehead atoms. The molecule has 2 N–H and O–H groups in total. The Kier molecular flexibility index (Phi) is 4.10. The first-order valence-corrected chi connectivity index (χ1v) is 9.93. The fraction of sp³-hybridized carbons (Fsp3) is 0.762. The van der Waals surface area contributed by atoms with Gasteiger partial charge in [-0.3, -0.25) is 14.4 Å². The van der Waals surface area contributed by atoms with E-state index < -0.39 is 64.1 Å². The third-order valence-corrected chi connectivity index (χ3v) is 8.70. The molecule has 4 aliphatic carbocycles. The van der Waals surface area contributed by atoms with Crippen LogP contribution in [0.5, 0.6) is 0 Å². The van der Waals surface area contributed by atoms with Crippen molar-refractivity contribution >= 4 is 17.3 Å². The Morgan fingerprint density at radius 2 is 1.89 bits per heavy atom. The Morgan fingerprint density at radius 3 is 2.54 bits per heavy atom. The fourth-order valence-corrected chi connectivity index (χ4v) is 6.95. The van der Waals surface area contributed by atoms with Crippen LogP contribution in [0.4, 0.5) is 8.78 Å². The summed E-state index contributed by atoms with van der Waals surface area (Å²) in [6.07, 6.45) is -0.430. The largest absolute Gasteiger partial charge is 0.388 e. The number of hydrogen-bond acceptors (Lipinski definition) is 5. The number of carbonyl (C=O) groups is 3. The monoisotopic (exact) mass is 396 g/mol. The number of aliphatic hydroxyl groups is 2. The van der Waals surface area contributed by atoms with Gasteiger partial charge in [-0.2, -0.15) is 0 Å². The van der Waals surface area contributed by atoms with Crippen molar-refractivity contribution in [2.75, 3.05) is 6.61 Å². The molecular weight excluding hydrogens is 370 g/mol. The minimum Gasteiger partial charge on any atom is -0.388 e. The summed E-state index contributed by atoms with van der Waals surface area (Å²) in [7, 11) is 0. The maximum atomic E-state index is 16.7. The molecule has 0 amide bonds. The predicted molar refractivity (Wildman–Crippen MR) is 94.8 cm³/mol. The lowest BCUT2D eigenvalue weighted by Gasteiger charge is -2.62. The van der Waals surface area contributed by atoms with Crippen LogP contribution in [0.25, 0.3) is 0 Å². The van der Waals surface area contributed by atoms with E-state index in [4.69, 9.17) is 0 Å². The zero-order chi connectivity index (χ0) is 20.7. The average molecular weight is 396 g/mol. The van der Waals surface area contributed by atoms with E-state index in [1.165, 1.54) is 6.92 Å². The molecule has 0 aromatic carbocycles. The molecule has 0 radical (unpaired) electrons. The highest BCUT2D eigenvalue weighted by Crippen LogP contribution is 2.70. The molecule has 5 nitrogen and oxygen atoms in total. The lowest BCUT2D eigenvalue weighted by Crippen LogP contribution is -2.66. The number of rotatable bonds is 2. The molecule has 0 aromatic heterocycles. The number of allylic oxidation sites excluding steroid dienone is 1. The van der Waals surface area contributed by atoms with E-state index in [1.807, 2.05) is 0 Å². The van der Waals surface area contributed by atoms with Crippen LogP contribution >= 0.6 is 0 Å². The van der Waals surface area contributed by atoms with Crippen LogP contribution in [0, 0.1) is 22.7 Å². The highest BCUT2D eigenvalue weighted by molar-refractivity contribution is 6.42. The second kappa shape index (κ2) is 5.79. The zero-order valence-electron chi connectivity index (χ0n) is 16.1. The molecule has 0 saturated heterocycles. The van der Waals surface area contributed by atoms with Gasteiger partial charge in [0.25, 0.3) is 0 Å². The van der Waals surface area contributed by atoms with Crippen LogP contribution in [0.3, 0.4) is 0 Å². The van der Waals surface area contributed by atoms with Crippen LogP contribution in [-0.2, 0) is 14.4 Å². The van der Waals surface area contributed by atoms with Crippen molar-refractivity contribution in [3.63, 3.8) is 0 Å². The van der Waals surface area contributed by atoms with Crippen LogP contribution in [0.2, 0.25) is 0 Å². The summed E-state index contributed by atoms with van der Waals surface area (Å²) in [5, 5.41) is 20.4. The fourth-order valence-electron chi connectivity index (χ4n) is 6.95. The summed E-state index contributed by atoms with van der Waals surface area (Å²) in [6, 6.07) is 0. The Hall–Kier alpha value is -1.47. The van der Waals surface area contributed by atoms with Gasteiger partial charge >= 0.3 is 0 Å². The molecule has 4 aliphatic rings. The Balaban J connectivity index is 1.80. The summed E-state index contributed by atoms with van der Waals surface area (Å²) >= 11 is 0. The molecule has 7 heteroatoms. The minimum atomic E-state index is -1.89. The highest BCUT2D eigenvalue weighted by Gasteiger charge is 2.72. The van der Waals surface area contributed by atoms with Gasteiger partial charge in [-0.25, -0.2) is 8.78 Å². The lowest BCUT2D eigenvalue weighted by atomic mass is 9.44. The van der Waals surface area contributed by atoms with Gasteiger partial charge in [-0.15, -0.1) is 0 Å². The molecule has 0 aliphatic heterocycles. The summed E-state index contributed by atoms with van der Waals surface area (Å²) in [6.45, 7) is 2.47. The number of aliphatic hydroxyl groups excluding tert-OH is 1. The van der Waals surface area contributed by atoms with Crippen LogP contribution in [0.1, 0.15) is 52.4 Å². The van der Waals surface area contributed by atoms with E-state index in [0.29, 0.717) is 6.42 Å². The molecule has 7 atom stereocenters. The van der Waals surface area contributed by atoms with Crippen LogP contribution < -0.4 is 0 Å².